The summed E-state index contributed by atoms with van der Waals surface area (Å²) in [5.41, 5.74) is 0.112. The van der Waals surface area contributed by atoms with Crippen molar-refractivity contribution in [3.05, 3.63) is 12.2 Å². The topological polar surface area (TPSA) is 46.5 Å². The lowest BCUT2D eigenvalue weighted by Gasteiger charge is -2.54. The molecule has 2 saturated carbocycles. The maximum atomic E-state index is 11.6. The minimum absolute atomic E-state index is 0.000139. The van der Waals surface area contributed by atoms with E-state index in [4.69, 9.17) is 4.74 Å². The molecule has 1 saturated heterocycles. The van der Waals surface area contributed by atoms with E-state index in [1.165, 1.54) is 0 Å². The Morgan fingerprint density at radius 1 is 1.39 bits per heavy atom. The number of hydrogen-bond acceptors (Lipinski definition) is 3. The van der Waals surface area contributed by atoms with Gasteiger partial charge in [-0.05, 0) is 43.9 Å². The van der Waals surface area contributed by atoms with Crippen LogP contribution in [-0.2, 0) is 9.53 Å². The number of fused-ring (bicyclic) bond motifs is 2. The second-order valence-electron chi connectivity index (χ2n) is 6.93. The van der Waals surface area contributed by atoms with E-state index in [-0.39, 0.29) is 29.3 Å². The Morgan fingerprint density at radius 2 is 2.11 bits per heavy atom. The number of hydrogen-bond donors (Lipinski definition) is 1. The number of carbonyl (C=O) groups excluding carboxylic acids is 1. The number of aliphatic hydroxyl groups is 1. The summed E-state index contributed by atoms with van der Waals surface area (Å²) >= 11 is 0. The molecule has 100 valence electrons. The van der Waals surface area contributed by atoms with E-state index in [0.717, 1.165) is 32.1 Å². The molecule has 0 bridgehead atoms. The SMILES string of the molecule is C=C1C(=O)O[C@@H]2C[C@]3(C)CCC[C@](C)(O)[C@H]3C[C@H]12. The van der Waals surface area contributed by atoms with Crippen LogP contribution in [0.3, 0.4) is 0 Å². The molecule has 0 unspecified atom stereocenters. The fourth-order valence-electron chi connectivity index (χ4n) is 4.59. The summed E-state index contributed by atoms with van der Waals surface area (Å²) in [6.07, 6.45) is 4.78. The quantitative estimate of drug-likeness (QED) is 0.530. The molecule has 3 aliphatic rings. The highest BCUT2D eigenvalue weighted by Crippen LogP contribution is 2.58. The third kappa shape index (κ3) is 1.56. The molecule has 0 spiro atoms. The van der Waals surface area contributed by atoms with E-state index in [2.05, 4.69) is 13.5 Å². The van der Waals surface area contributed by atoms with E-state index < -0.39 is 5.60 Å². The summed E-state index contributed by atoms with van der Waals surface area (Å²) in [5, 5.41) is 10.7. The van der Waals surface area contributed by atoms with E-state index in [1.54, 1.807) is 0 Å². The van der Waals surface area contributed by atoms with Crippen molar-refractivity contribution in [1.82, 2.24) is 0 Å². The molecule has 0 radical (unpaired) electrons. The van der Waals surface area contributed by atoms with Gasteiger partial charge in [0.25, 0.3) is 0 Å². The normalized spacial score (nSPS) is 51.6. The third-order valence-electron chi connectivity index (χ3n) is 5.60. The molecule has 1 N–H and O–H groups in total. The highest BCUT2D eigenvalue weighted by Gasteiger charge is 2.57. The van der Waals surface area contributed by atoms with E-state index >= 15 is 0 Å². The molecular formula is C15H22O3. The van der Waals surface area contributed by atoms with Gasteiger partial charge in [-0.2, -0.15) is 0 Å². The van der Waals surface area contributed by atoms with E-state index in [0.29, 0.717) is 5.57 Å². The zero-order valence-corrected chi connectivity index (χ0v) is 11.2. The first-order chi connectivity index (χ1) is 8.33. The highest BCUT2D eigenvalue weighted by molar-refractivity contribution is 5.90. The lowest BCUT2D eigenvalue weighted by atomic mass is 9.52. The van der Waals surface area contributed by atoms with Crippen LogP contribution >= 0.6 is 0 Å². The summed E-state index contributed by atoms with van der Waals surface area (Å²) in [5.74, 6) is 0.151. The first-order valence-electron chi connectivity index (χ1n) is 6.96. The summed E-state index contributed by atoms with van der Waals surface area (Å²) in [4.78, 5) is 11.6. The molecule has 3 heteroatoms. The van der Waals surface area contributed by atoms with Gasteiger partial charge in [-0.15, -0.1) is 0 Å². The average Bonchev–Trinajstić information content (AvgIpc) is 2.51. The number of rotatable bonds is 0. The van der Waals surface area contributed by atoms with Gasteiger partial charge < -0.3 is 9.84 Å². The van der Waals surface area contributed by atoms with Crippen molar-refractivity contribution in [2.24, 2.45) is 17.3 Å². The Balaban J connectivity index is 1.93. The molecule has 3 fully saturated rings. The Morgan fingerprint density at radius 3 is 2.83 bits per heavy atom. The minimum Gasteiger partial charge on any atom is -0.458 e. The molecule has 1 heterocycles. The minimum atomic E-state index is -0.607. The maximum Gasteiger partial charge on any atom is 0.334 e. The van der Waals surface area contributed by atoms with Crippen molar-refractivity contribution in [3.63, 3.8) is 0 Å². The van der Waals surface area contributed by atoms with Crippen LogP contribution in [0.5, 0.6) is 0 Å². The molecular weight excluding hydrogens is 228 g/mol. The molecule has 0 amide bonds. The third-order valence-corrected chi connectivity index (χ3v) is 5.60. The summed E-state index contributed by atoms with van der Waals surface area (Å²) < 4.78 is 5.44. The standard InChI is InChI=1S/C15H22O3/c1-9-10-7-12-14(2,5-4-6-15(12,3)17)8-11(10)18-13(9)16/h10-12,17H,1,4-8H2,2-3H3/t10-,11-,12+,14+,15+/m1/s1. The zero-order chi connectivity index (χ0) is 13.1. The average molecular weight is 250 g/mol. The Hall–Kier alpha value is -0.830. The summed E-state index contributed by atoms with van der Waals surface area (Å²) in [6, 6.07) is 0. The van der Waals surface area contributed by atoms with E-state index in [9.17, 15) is 9.90 Å². The summed E-state index contributed by atoms with van der Waals surface area (Å²) in [7, 11) is 0. The summed E-state index contributed by atoms with van der Waals surface area (Å²) in [6.45, 7) is 8.07. The second kappa shape index (κ2) is 3.60. The van der Waals surface area contributed by atoms with Crippen LogP contribution in [0.25, 0.3) is 0 Å². The molecule has 18 heavy (non-hydrogen) atoms. The largest absolute Gasteiger partial charge is 0.458 e. The fraction of sp³-hybridized carbons (Fsp3) is 0.800. The van der Waals surface area contributed by atoms with Gasteiger partial charge in [0.05, 0.1) is 5.60 Å². The van der Waals surface area contributed by atoms with E-state index in [1.807, 2.05) is 6.92 Å². The van der Waals surface area contributed by atoms with Crippen molar-refractivity contribution in [3.8, 4) is 0 Å². The van der Waals surface area contributed by atoms with Gasteiger partial charge in [0.2, 0.25) is 0 Å². The maximum absolute atomic E-state index is 11.6. The molecule has 3 rings (SSSR count). The predicted molar refractivity (Wildman–Crippen MR) is 67.8 cm³/mol. The van der Waals surface area contributed by atoms with Gasteiger partial charge in [0.1, 0.15) is 6.10 Å². The van der Waals surface area contributed by atoms with Crippen LogP contribution in [0.2, 0.25) is 0 Å². The van der Waals surface area contributed by atoms with Gasteiger partial charge in [-0.1, -0.05) is 19.9 Å². The van der Waals surface area contributed by atoms with Crippen LogP contribution in [-0.4, -0.2) is 22.8 Å². The van der Waals surface area contributed by atoms with Crippen LogP contribution in [0.15, 0.2) is 12.2 Å². The van der Waals surface area contributed by atoms with Crippen molar-refractivity contribution >= 4 is 5.97 Å². The molecule has 3 nitrogen and oxygen atoms in total. The Bertz CT molecular complexity index is 412. The predicted octanol–water partition coefficient (Wildman–Crippen LogP) is 2.44. The highest BCUT2D eigenvalue weighted by atomic mass is 16.6. The van der Waals surface area contributed by atoms with Crippen molar-refractivity contribution in [2.45, 2.75) is 57.7 Å². The number of carbonyl (C=O) groups is 1. The second-order valence-corrected chi connectivity index (χ2v) is 6.93. The van der Waals surface area contributed by atoms with Crippen LogP contribution in [0, 0.1) is 17.3 Å². The molecule has 0 aromatic rings. The van der Waals surface area contributed by atoms with Gasteiger partial charge in [-0.25, -0.2) is 4.79 Å². The molecule has 5 atom stereocenters. The molecule has 2 aliphatic carbocycles. The zero-order valence-electron chi connectivity index (χ0n) is 11.2. The Kier molecular flexibility index (Phi) is 2.44. The van der Waals surface area contributed by atoms with Crippen LogP contribution < -0.4 is 0 Å². The number of ether oxygens (including phenoxy) is 1. The Labute approximate surface area is 108 Å². The van der Waals surface area contributed by atoms with Gasteiger partial charge in [0, 0.05) is 11.5 Å². The molecule has 0 aromatic carbocycles. The van der Waals surface area contributed by atoms with Gasteiger partial charge in [-0.3, -0.25) is 0 Å². The first-order valence-corrected chi connectivity index (χ1v) is 6.96. The lowest BCUT2D eigenvalue weighted by molar-refractivity contribution is -0.155. The van der Waals surface area contributed by atoms with Gasteiger partial charge in [0.15, 0.2) is 0 Å². The molecule has 0 aromatic heterocycles. The monoisotopic (exact) mass is 250 g/mol. The lowest BCUT2D eigenvalue weighted by Crippen LogP contribution is -2.53. The van der Waals surface area contributed by atoms with Crippen LogP contribution in [0.1, 0.15) is 46.0 Å². The number of esters is 1. The smallest absolute Gasteiger partial charge is 0.334 e. The van der Waals surface area contributed by atoms with Crippen molar-refractivity contribution < 1.29 is 14.6 Å². The fourth-order valence-corrected chi connectivity index (χ4v) is 4.59. The van der Waals surface area contributed by atoms with Crippen LogP contribution in [0.4, 0.5) is 0 Å². The first kappa shape index (κ1) is 12.2. The molecule has 1 aliphatic heterocycles. The van der Waals surface area contributed by atoms with Crippen molar-refractivity contribution in [2.75, 3.05) is 0 Å². The van der Waals surface area contributed by atoms with Crippen molar-refractivity contribution in [1.29, 1.82) is 0 Å². The van der Waals surface area contributed by atoms with Gasteiger partial charge >= 0.3 is 5.97 Å².